The summed E-state index contributed by atoms with van der Waals surface area (Å²) in [4.78, 5) is 20.1. The van der Waals surface area contributed by atoms with Crippen molar-refractivity contribution < 1.29 is 4.79 Å². The fourth-order valence-corrected chi connectivity index (χ4v) is 2.55. The highest BCUT2D eigenvalue weighted by Crippen LogP contribution is 2.20. The summed E-state index contributed by atoms with van der Waals surface area (Å²) in [6.45, 7) is 1.55. The van der Waals surface area contributed by atoms with E-state index in [2.05, 4.69) is 36.5 Å². The number of Topliss-reactive ketones (excluding diaryl/α,β-unsaturated/α-hetero) is 1. The van der Waals surface area contributed by atoms with Gasteiger partial charge in [-0.1, -0.05) is 34.1 Å². The van der Waals surface area contributed by atoms with E-state index in [1.807, 2.05) is 36.4 Å². The van der Waals surface area contributed by atoms with Crippen LogP contribution in [0.1, 0.15) is 17.3 Å². The molecule has 120 valence electrons. The molecule has 0 radical (unpaired) electrons. The van der Waals surface area contributed by atoms with Crippen LogP contribution in [0.3, 0.4) is 0 Å². The second-order valence-electron chi connectivity index (χ2n) is 5.16. The Hall–Kier alpha value is -2.73. The quantitative estimate of drug-likeness (QED) is 0.612. The third-order valence-corrected chi connectivity index (χ3v) is 3.77. The van der Waals surface area contributed by atoms with Crippen LogP contribution < -0.4 is 10.6 Å². The van der Waals surface area contributed by atoms with Crippen molar-refractivity contribution in [2.75, 3.05) is 10.6 Å². The average Bonchev–Trinajstić information content (AvgIpc) is 2.55. The second kappa shape index (κ2) is 7.23. The van der Waals surface area contributed by atoms with Gasteiger partial charge in [-0.3, -0.25) is 4.79 Å². The molecule has 2 N–H and O–H groups in total. The van der Waals surface area contributed by atoms with Crippen LogP contribution in [0.5, 0.6) is 0 Å². The number of benzene rings is 2. The van der Waals surface area contributed by atoms with Crippen molar-refractivity contribution in [1.82, 2.24) is 9.97 Å². The zero-order valence-corrected chi connectivity index (χ0v) is 14.5. The topological polar surface area (TPSA) is 66.9 Å². The second-order valence-corrected chi connectivity index (χ2v) is 6.08. The summed E-state index contributed by atoms with van der Waals surface area (Å²) in [7, 11) is 0. The van der Waals surface area contributed by atoms with Crippen LogP contribution in [0, 0.1) is 0 Å². The van der Waals surface area contributed by atoms with Gasteiger partial charge in [0, 0.05) is 27.6 Å². The number of rotatable bonds is 5. The first-order valence-corrected chi connectivity index (χ1v) is 8.13. The Morgan fingerprint density at radius 3 is 2.50 bits per heavy atom. The van der Waals surface area contributed by atoms with E-state index in [0.29, 0.717) is 17.3 Å². The van der Waals surface area contributed by atoms with Crippen molar-refractivity contribution in [1.29, 1.82) is 0 Å². The van der Waals surface area contributed by atoms with Gasteiger partial charge >= 0.3 is 0 Å². The largest absolute Gasteiger partial charge is 0.340 e. The van der Waals surface area contributed by atoms with Crippen LogP contribution in [-0.4, -0.2) is 15.8 Å². The molecule has 0 aliphatic carbocycles. The molecule has 0 unspecified atom stereocenters. The smallest absolute Gasteiger partial charge is 0.229 e. The molecule has 0 amide bonds. The predicted molar refractivity (Wildman–Crippen MR) is 99.2 cm³/mol. The maximum absolute atomic E-state index is 11.5. The van der Waals surface area contributed by atoms with Crippen molar-refractivity contribution in [2.24, 2.45) is 0 Å². The Kier molecular flexibility index (Phi) is 4.86. The van der Waals surface area contributed by atoms with E-state index in [-0.39, 0.29) is 5.78 Å². The van der Waals surface area contributed by atoms with E-state index in [9.17, 15) is 4.79 Å². The number of hydrogen-bond donors (Lipinski definition) is 2. The Balaban J connectivity index is 1.78. The Bertz CT molecular complexity index is 882. The van der Waals surface area contributed by atoms with Gasteiger partial charge in [0.2, 0.25) is 5.95 Å². The number of hydrogen-bond acceptors (Lipinski definition) is 5. The van der Waals surface area contributed by atoms with Gasteiger partial charge in [-0.05, 0) is 43.3 Å². The molecule has 0 bridgehead atoms. The highest BCUT2D eigenvalue weighted by molar-refractivity contribution is 9.10. The minimum atomic E-state index is 0.0262. The lowest BCUT2D eigenvalue weighted by atomic mass is 10.1. The molecule has 0 aliphatic rings. The molecule has 0 fully saturated rings. The van der Waals surface area contributed by atoms with Gasteiger partial charge in [-0.15, -0.1) is 0 Å². The number of anilines is 4. The van der Waals surface area contributed by atoms with Gasteiger partial charge in [0.15, 0.2) is 5.78 Å². The number of aromatic nitrogens is 2. The standard InChI is InChI=1S/C18H15BrN4O/c1-12(24)13-4-2-6-15(10-13)21-17-8-9-20-18(23-17)22-16-7-3-5-14(19)11-16/h2-11H,1H3,(H2,20,21,22,23). The molecule has 3 aromatic rings. The number of carbonyl (C=O) groups is 1. The van der Waals surface area contributed by atoms with Crippen molar-refractivity contribution >= 4 is 44.9 Å². The molecule has 1 aromatic heterocycles. The number of halogens is 1. The number of nitrogens with zero attached hydrogens (tertiary/aromatic N) is 2. The van der Waals surface area contributed by atoms with E-state index in [0.717, 1.165) is 15.8 Å². The van der Waals surface area contributed by atoms with Crippen LogP contribution >= 0.6 is 15.9 Å². The Morgan fingerprint density at radius 1 is 1.00 bits per heavy atom. The number of carbonyl (C=O) groups excluding carboxylic acids is 1. The van der Waals surface area contributed by atoms with Gasteiger partial charge in [-0.25, -0.2) is 4.98 Å². The molecule has 6 heteroatoms. The van der Waals surface area contributed by atoms with Gasteiger partial charge < -0.3 is 10.6 Å². The van der Waals surface area contributed by atoms with Gasteiger partial charge in [-0.2, -0.15) is 4.98 Å². The third kappa shape index (κ3) is 4.17. The van der Waals surface area contributed by atoms with E-state index >= 15 is 0 Å². The molecule has 1 heterocycles. The highest BCUT2D eigenvalue weighted by Gasteiger charge is 2.04. The summed E-state index contributed by atoms with van der Waals surface area (Å²) in [5.74, 6) is 1.15. The maximum Gasteiger partial charge on any atom is 0.229 e. The number of ketones is 1. The average molecular weight is 383 g/mol. The summed E-state index contributed by atoms with van der Waals surface area (Å²) in [5, 5.41) is 6.34. The molecular formula is C18H15BrN4O. The first-order valence-electron chi connectivity index (χ1n) is 7.34. The number of nitrogens with one attached hydrogen (secondary N) is 2. The normalized spacial score (nSPS) is 10.2. The van der Waals surface area contributed by atoms with Crippen LogP contribution in [0.25, 0.3) is 0 Å². The van der Waals surface area contributed by atoms with Gasteiger partial charge in [0.05, 0.1) is 0 Å². The fraction of sp³-hybridized carbons (Fsp3) is 0.0556. The lowest BCUT2D eigenvalue weighted by Gasteiger charge is -2.09. The van der Waals surface area contributed by atoms with Crippen molar-refractivity contribution in [2.45, 2.75) is 6.92 Å². The highest BCUT2D eigenvalue weighted by atomic mass is 79.9. The van der Waals surface area contributed by atoms with Crippen molar-refractivity contribution in [3.8, 4) is 0 Å². The molecule has 3 rings (SSSR count). The minimum absolute atomic E-state index is 0.0262. The lowest BCUT2D eigenvalue weighted by Crippen LogP contribution is -2.01. The summed E-state index contributed by atoms with van der Waals surface area (Å²) in [5.41, 5.74) is 2.34. The Morgan fingerprint density at radius 2 is 1.75 bits per heavy atom. The summed E-state index contributed by atoms with van der Waals surface area (Å²) in [6, 6.07) is 16.8. The van der Waals surface area contributed by atoms with Crippen LogP contribution in [0.15, 0.2) is 65.3 Å². The molecule has 0 spiro atoms. The minimum Gasteiger partial charge on any atom is -0.340 e. The molecule has 24 heavy (non-hydrogen) atoms. The fourth-order valence-electron chi connectivity index (χ4n) is 2.15. The van der Waals surface area contributed by atoms with Crippen molar-refractivity contribution in [3.63, 3.8) is 0 Å². The van der Waals surface area contributed by atoms with Crippen LogP contribution in [-0.2, 0) is 0 Å². The monoisotopic (exact) mass is 382 g/mol. The van der Waals surface area contributed by atoms with Crippen molar-refractivity contribution in [3.05, 3.63) is 70.8 Å². The SMILES string of the molecule is CC(=O)c1cccc(Nc2ccnc(Nc3cccc(Br)c3)n2)c1. The maximum atomic E-state index is 11.5. The van der Waals surface area contributed by atoms with E-state index in [1.165, 1.54) is 0 Å². The first-order chi connectivity index (χ1) is 11.6. The molecule has 0 saturated carbocycles. The predicted octanol–water partition coefficient (Wildman–Crippen LogP) is 4.93. The summed E-state index contributed by atoms with van der Waals surface area (Å²) < 4.78 is 0.975. The zero-order valence-electron chi connectivity index (χ0n) is 13.0. The molecule has 2 aromatic carbocycles. The summed E-state index contributed by atoms with van der Waals surface area (Å²) >= 11 is 3.43. The van der Waals surface area contributed by atoms with E-state index in [4.69, 9.17) is 0 Å². The zero-order chi connectivity index (χ0) is 16.9. The molecule has 0 saturated heterocycles. The summed E-state index contributed by atoms with van der Waals surface area (Å²) in [6.07, 6.45) is 1.67. The molecular weight excluding hydrogens is 368 g/mol. The van der Waals surface area contributed by atoms with Gasteiger partial charge in [0.1, 0.15) is 5.82 Å². The molecule has 0 atom stereocenters. The van der Waals surface area contributed by atoms with E-state index < -0.39 is 0 Å². The Labute approximate surface area is 148 Å². The van der Waals surface area contributed by atoms with E-state index in [1.54, 1.807) is 31.3 Å². The molecule has 0 aliphatic heterocycles. The lowest BCUT2D eigenvalue weighted by molar-refractivity contribution is 0.101. The third-order valence-electron chi connectivity index (χ3n) is 3.28. The van der Waals surface area contributed by atoms with Gasteiger partial charge in [0.25, 0.3) is 0 Å². The molecule has 5 nitrogen and oxygen atoms in total. The first kappa shape index (κ1) is 16.1. The van der Waals surface area contributed by atoms with Crippen LogP contribution in [0.2, 0.25) is 0 Å². The van der Waals surface area contributed by atoms with Crippen LogP contribution in [0.4, 0.5) is 23.1 Å².